The number of aliphatic carboxylic acids is 1. The molecule has 0 aliphatic heterocycles. The maximum absolute atomic E-state index is 11.9. The molecule has 1 N–H and O–H groups in total. The van der Waals surface area contributed by atoms with Gasteiger partial charge in [-0.25, -0.2) is 19.2 Å². The summed E-state index contributed by atoms with van der Waals surface area (Å²) < 4.78 is 30.7. The summed E-state index contributed by atoms with van der Waals surface area (Å²) in [6.07, 6.45) is 5.07. The summed E-state index contributed by atoms with van der Waals surface area (Å²) in [6.45, 7) is 26.6. The lowest BCUT2D eigenvalue weighted by Crippen LogP contribution is -2.30. The number of hydrogen-bond acceptors (Lipinski definition) is 12. The number of carboxylic acid groups (broad SMARTS) is 1. The zero-order valence-electron chi connectivity index (χ0n) is 33.6. The molecule has 0 saturated heterocycles. The Hall–Kier alpha value is -4.26. The van der Waals surface area contributed by atoms with E-state index >= 15 is 0 Å². The highest BCUT2D eigenvalue weighted by Crippen LogP contribution is 2.32. The molecule has 0 radical (unpaired) electrons. The molecule has 302 valence electrons. The van der Waals surface area contributed by atoms with Crippen molar-refractivity contribution < 1.29 is 62.3 Å². The molecule has 13 nitrogen and oxygen atoms in total. The fraction of sp³-hybridized carbons (Fsp3) is 0.650. The predicted molar refractivity (Wildman–Crippen MR) is 200 cm³/mol. The number of carbonyl (C=O) groups is 6. The maximum atomic E-state index is 11.9. The maximum Gasteiger partial charge on any atom is 0.333 e. The van der Waals surface area contributed by atoms with Gasteiger partial charge in [-0.2, -0.15) is 0 Å². The summed E-state index contributed by atoms with van der Waals surface area (Å²) in [5.41, 5.74) is 0.627. The first kappa shape index (κ1) is 50.8. The van der Waals surface area contributed by atoms with Crippen molar-refractivity contribution in [2.75, 3.05) is 26.9 Å². The largest absolute Gasteiger partial charge is 0.481 e. The van der Waals surface area contributed by atoms with Crippen LogP contribution >= 0.6 is 0 Å². The van der Waals surface area contributed by atoms with Crippen LogP contribution < -0.4 is 0 Å². The van der Waals surface area contributed by atoms with Crippen LogP contribution in [-0.2, 0) is 57.2 Å². The third kappa shape index (κ3) is 24.6. The van der Waals surface area contributed by atoms with Crippen LogP contribution in [0.2, 0.25) is 0 Å². The topological polar surface area (TPSA) is 178 Å². The molecule has 0 rings (SSSR count). The minimum Gasteiger partial charge on any atom is -0.481 e. The Morgan fingerprint density at radius 2 is 1.15 bits per heavy atom. The van der Waals surface area contributed by atoms with E-state index in [4.69, 9.17) is 23.7 Å². The Kier molecular flexibility index (Phi) is 26.2. The number of allylic oxidation sites excluding steroid dienone is 1. The number of ether oxygens (including phenoxy) is 6. The molecule has 0 amide bonds. The monoisotopic (exact) mass is 752 g/mol. The first-order chi connectivity index (χ1) is 24.6. The normalized spacial score (nSPS) is 14.3. The van der Waals surface area contributed by atoms with Gasteiger partial charge in [0.2, 0.25) is 0 Å². The molecule has 5 unspecified atom stereocenters. The van der Waals surface area contributed by atoms with E-state index in [9.17, 15) is 33.9 Å². The van der Waals surface area contributed by atoms with E-state index in [1.807, 2.05) is 0 Å². The van der Waals surface area contributed by atoms with Crippen molar-refractivity contribution in [2.45, 2.75) is 132 Å². The number of rotatable bonds is 25. The molecule has 0 aromatic heterocycles. The fourth-order valence-corrected chi connectivity index (χ4v) is 4.21. The number of hydrogen-bond donors (Lipinski definition) is 1. The van der Waals surface area contributed by atoms with Crippen molar-refractivity contribution in [2.24, 2.45) is 11.3 Å². The van der Waals surface area contributed by atoms with Gasteiger partial charge >= 0.3 is 35.8 Å². The van der Waals surface area contributed by atoms with Gasteiger partial charge in [-0.15, -0.1) is 0 Å². The van der Waals surface area contributed by atoms with Crippen LogP contribution in [-0.4, -0.2) is 86.2 Å². The average molecular weight is 753 g/mol. The molecular formula is C40H64O13. The van der Waals surface area contributed by atoms with E-state index in [1.165, 1.54) is 7.11 Å². The lowest BCUT2D eigenvalue weighted by atomic mass is 9.80. The van der Waals surface area contributed by atoms with Crippen molar-refractivity contribution >= 4 is 35.8 Å². The molecule has 0 bridgehead atoms. The number of esters is 5. The van der Waals surface area contributed by atoms with E-state index in [0.717, 1.165) is 6.42 Å². The van der Waals surface area contributed by atoms with Crippen molar-refractivity contribution in [3.05, 3.63) is 48.1 Å². The number of carboxylic acids is 1. The standard InChI is InChI=1S/C20H32O7.C20H32O6/c1-14(2)18(21)27-17(5)10-12-26-20(23)16(4)13-25-11-8-7-9-15(3)19(22)24-6;1-13(2)17(21)25-15(5)9-8-11-20(7,19(23)24)12-10-16(6)26-18(22)14(3)4/h9,16-17H,1,7-8,10-13H2,2-6H3;15-16H,1,3,8-12H2,2,4-7H3,(H,23,24). The second-order valence-electron chi connectivity index (χ2n) is 13.7. The fourth-order valence-electron chi connectivity index (χ4n) is 4.21. The van der Waals surface area contributed by atoms with Gasteiger partial charge in [0.05, 0.1) is 43.9 Å². The highest BCUT2D eigenvalue weighted by atomic mass is 16.6. The van der Waals surface area contributed by atoms with Gasteiger partial charge in [-0.3, -0.25) is 9.59 Å². The van der Waals surface area contributed by atoms with E-state index in [-0.39, 0.29) is 49.4 Å². The first-order valence-corrected chi connectivity index (χ1v) is 17.9. The zero-order chi connectivity index (χ0) is 41.3. The second kappa shape index (κ2) is 27.4. The Balaban J connectivity index is 0. The molecule has 5 atom stereocenters. The molecule has 0 aliphatic rings. The van der Waals surface area contributed by atoms with Gasteiger partial charge in [-0.05, 0) is 107 Å². The quantitative estimate of drug-likeness (QED) is 0.0436. The van der Waals surface area contributed by atoms with Crippen LogP contribution in [0.5, 0.6) is 0 Å². The van der Waals surface area contributed by atoms with Crippen molar-refractivity contribution in [1.29, 1.82) is 0 Å². The van der Waals surface area contributed by atoms with E-state index in [0.29, 0.717) is 73.8 Å². The van der Waals surface area contributed by atoms with Crippen LogP contribution in [0.25, 0.3) is 0 Å². The summed E-state index contributed by atoms with van der Waals surface area (Å²) in [6, 6.07) is 0. The first-order valence-electron chi connectivity index (χ1n) is 17.9. The van der Waals surface area contributed by atoms with E-state index in [2.05, 4.69) is 24.5 Å². The van der Waals surface area contributed by atoms with Gasteiger partial charge in [0.15, 0.2) is 0 Å². The lowest BCUT2D eigenvalue weighted by Gasteiger charge is -2.27. The van der Waals surface area contributed by atoms with Crippen LogP contribution in [0.4, 0.5) is 0 Å². The summed E-state index contributed by atoms with van der Waals surface area (Å²) in [5, 5.41) is 9.58. The van der Waals surface area contributed by atoms with Crippen molar-refractivity contribution in [3.8, 4) is 0 Å². The smallest absolute Gasteiger partial charge is 0.333 e. The van der Waals surface area contributed by atoms with Crippen molar-refractivity contribution in [1.82, 2.24) is 0 Å². The molecule has 0 aromatic carbocycles. The van der Waals surface area contributed by atoms with Crippen LogP contribution in [0.1, 0.15) is 114 Å². The lowest BCUT2D eigenvalue weighted by molar-refractivity contribution is -0.152. The molecule has 0 fully saturated rings. The third-order valence-electron chi connectivity index (χ3n) is 7.92. The Bertz CT molecular complexity index is 1280. The highest BCUT2D eigenvalue weighted by molar-refractivity contribution is 5.88. The predicted octanol–water partition coefficient (Wildman–Crippen LogP) is 7.02. The zero-order valence-corrected chi connectivity index (χ0v) is 33.6. The van der Waals surface area contributed by atoms with Crippen LogP contribution in [0.15, 0.2) is 48.1 Å². The molecule has 0 heterocycles. The summed E-state index contributed by atoms with van der Waals surface area (Å²) in [7, 11) is 1.35. The van der Waals surface area contributed by atoms with E-state index < -0.39 is 29.3 Å². The summed E-state index contributed by atoms with van der Waals surface area (Å²) >= 11 is 0. The Morgan fingerprint density at radius 1 is 0.679 bits per heavy atom. The minimum atomic E-state index is -0.929. The number of unbranched alkanes of at least 4 members (excludes halogenated alkanes) is 1. The summed E-state index contributed by atoms with van der Waals surface area (Å²) in [5.74, 6) is -3.32. The van der Waals surface area contributed by atoms with Crippen LogP contribution in [0, 0.1) is 11.3 Å². The molecule has 0 saturated carbocycles. The number of methoxy groups -OCH3 is 1. The van der Waals surface area contributed by atoms with Gasteiger partial charge in [-0.1, -0.05) is 25.8 Å². The molecule has 53 heavy (non-hydrogen) atoms. The van der Waals surface area contributed by atoms with E-state index in [1.54, 1.807) is 68.4 Å². The minimum absolute atomic E-state index is 0.172. The Labute approximate surface area is 316 Å². The molecular weight excluding hydrogens is 688 g/mol. The van der Waals surface area contributed by atoms with Gasteiger partial charge < -0.3 is 33.5 Å². The molecule has 0 aliphatic carbocycles. The van der Waals surface area contributed by atoms with Gasteiger partial charge in [0.1, 0.15) is 6.10 Å². The number of carbonyl (C=O) groups excluding carboxylic acids is 5. The molecule has 0 aromatic rings. The molecule has 13 heteroatoms. The van der Waals surface area contributed by atoms with Crippen LogP contribution in [0.3, 0.4) is 0 Å². The second-order valence-corrected chi connectivity index (χ2v) is 13.7. The van der Waals surface area contributed by atoms with Gasteiger partial charge in [0, 0.05) is 35.3 Å². The van der Waals surface area contributed by atoms with Crippen molar-refractivity contribution in [3.63, 3.8) is 0 Å². The Morgan fingerprint density at radius 3 is 1.60 bits per heavy atom. The van der Waals surface area contributed by atoms with Gasteiger partial charge in [0.25, 0.3) is 0 Å². The summed E-state index contributed by atoms with van der Waals surface area (Å²) in [4.78, 5) is 69.1. The SMILES string of the molecule is C=C(C)C(=O)OC(C)CCCC(C)(CCC(C)OC(=O)C(=C)C)C(=O)O.C=C(C)C(=O)OC(C)CCOC(=O)C(C)COCCCC=C(C)C(=O)OC. The molecule has 0 spiro atoms. The third-order valence-corrected chi connectivity index (χ3v) is 7.92. The average Bonchev–Trinajstić information content (AvgIpc) is 3.07. The highest BCUT2D eigenvalue weighted by Gasteiger charge is 2.33.